The maximum absolute atomic E-state index is 13.4. The quantitative estimate of drug-likeness (QED) is 0.0832. The lowest BCUT2D eigenvalue weighted by Crippen LogP contribution is -2.49. The lowest BCUT2D eigenvalue weighted by molar-refractivity contribution is -0.122. The minimum Gasteiger partial charge on any atom is -0.410 e. The van der Waals surface area contributed by atoms with Crippen LogP contribution < -0.4 is 0 Å². The van der Waals surface area contributed by atoms with Crippen LogP contribution in [0.2, 0.25) is 36.3 Å². The third kappa shape index (κ3) is 10.8. The van der Waals surface area contributed by atoms with Crippen LogP contribution in [0.5, 0.6) is 0 Å². The average Bonchev–Trinajstić information content (AvgIpc) is 2.88. The molecule has 0 rings (SSSR count). The summed E-state index contributed by atoms with van der Waals surface area (Å²) < 4.78 is 42.5. The van der Waals surface area contributed by atoms with Crippen LogP contribution in [-0.4, -0.2) is 68.2 Å². The van der Waals surface area contributed by atoms with Crippen molar-refractivity contribution in [3.05, 3.63) is 24.3 Å². The molecule has 0 unspecified atom stereocenters. The van der Waals surface area contributed by atoms with E-state index in [0.717, 1.165) is 23.7 Å². The van der Waals surface area contributed by atoms with Gasteiger partial charge in [-0.05, 0) is 48.8 Å². The monoisotopic (exact) mass is 606 g/mol. The molecule has 0 amide bonds. The van der Waals surface area contributed by atoms with Crippen molar-refractivity contribution >= 4 is 30.0 Å². The maximum atomic E-state index is 13.4. The van der Waals surface area contributed by atoms with E-state index < -0.39 is 36.3 Å². The number of ketones is 1. The molecule has 10 heteroatoms. The molecule has 0 fully saturated rings. The number of carbonyl (C=O) groups is 1. The number of Topliss-reactive ketones (excluding diaryl/α,β-unsaturated/α-hetero) is 1. The van der Waals surface area contributed by atoms with Crippen LogP contribution in [0.4, 0.5) is 0 Å². The Hall–Kier alpha value is -0.386. The van der Waals surface area contributed by atoms with E-state index in [1.807, 2.05) is 13.8 Å². The molecule has 0 saturated heterocycles. The zero-order chi connectivity index (χ0) is 30.8. The molecule has 230 valence electrons. The Morgan fingerprint density at radius 1 is 0.974 bits per heavy atom. The minimum atomic E-state index is -3.49. The predicted octanol–water partition coefficient (Wildman–Crippen LogP) is 8.24. The molecular formula is C29H59O7PSi2. The molecule has 0 aromatic carbocycles. The molecule has 0 aliphatic carbocycles. The van der Waals surface area contributed by atoms with Gasteiger partial charge < -0.3 is 22.6 Å². The van der Waals surface area contributed by atoms with E-state index in [1.165, 1.54) is 14.2 Å². The van der Waals surface area contributed by atoms with Gasteiger partial charge >= 0.3 is 7.60 Å². The fourth-order valence-electron chi connectivity index (χ4n) is 4.53. The van der Waals surface area contributed by atoms with Crippen molar-refractivity contribution in [2.24, 2.45) is 11.8 Å². The molecule has 0 N–H and O–H groups in total. The first-order valence-corrected chi connectivity index (χ1v) is 21.5. The highest BCUT2D eigenvalue weighted by Crippen LogP contribution is 2.47. The third-order valence-corrected chi connectivity index (χ3v) is 19.6. The third-order valence-electron chi connectivity index (χ3n) is 8.74. The fourth-order valence-corrected chi connectivity index (χ4v) is 9.91. The van der Waals surface area contributed by atoms with Crippen molar-refractivity contribution < 1.29 is 32.0 Å². The van der Waals surface area contributed by atoms with Gasteiger partial charge in [0.15, 0.2) is 22.4 Å². The van der Waals surface area contributed by atoms with E-state index in [9.17, 15) is 9.36 Å². The second kappa shape index (κ2) is 16.3. The van der Waals surface area contributed by atoms with Gasteiger partial charge in [-0.1, -0.05) is 67.5 Å². The number of ether oxygens (including phenoxy) is 1. The molecule has 0 bridgehead atoms. The maximum Gasteiger partial charge on any atom is 0.337 e. The zero-order valence-electron chi connectivity index (χ0n) is 27.4. The second-order valence-corrected chi connectivity index (χ2v) is 24.0. The van der Waals surface area contributed by atoms with Crippen LogP contribution in [0.1, 0.15) is 62.3 Å². The van der Waals surface area contributed by atoms with Crippen molar-refractivity contribution in [2.45, 2.75) is 117 Å². The summed E-state index contributed by atoms with van der Waals surface area (Å²) in [6.07, 6.45) is 2.68. The molecule has 0 aliphatic heterocycles. The van der Waals surface area contributed by atoms with Crippen LogP contribution in [0.15, 0.2) is 24.3 Å². The van der Waals surface area contributed by atoms with Crippen molar-refractivity contribution in [3.63, 3.8) is 0 Å². The van der Waals surface area contributed by atoms with E-state index in [4.69, 9.17) is 22.6 Å². The summed E-state index contributed by atoms with van der Waals surface area (Å²) in [5, 5.41) is 0.0288. The van der Waals surface area contributed by atoms with Gasteiger partial charge in [-0.15, -0.1) is 6.58 Å². The summed E-state index contributed by atoms with van der Waals surface area (Å²) in [5.74, 6) is -0.768. The van der Waals surface area contributed by atoms with E-state index in [-0.39, 0.29) is 35.1 Å². The molecule has 0 aromatic heterocycles. The van der Waals surface area contributed by atoms with Crippen LogP contribution in [0, 0.1) is 11.8 Å². The summed E-state index contributed by atoms with van der Waals surface area (Å²) >= 11 is 0. The fraction of sp³-hybridized carbons (Fsp3) is 0.828. The van der Waals surface area contributed by atoms with Gasteiger partial charge in [0.1, 0.15) is 12.3 Å². The first kappa shape index (κ1) is 38.6. The normalized spacial score (nSPS) is 17.8. The van der Waals surface area contributed by atoms with Gasteiger partial charge in [-0.25, -0.2) is 0 Å². The number of hydrogen-bond donors (Lipinski definition) is 0. The minimum absolute atomic E-state index is 0.0288. The Morgan fingerprint density at radius 3 is 1.82 bits per heavy atom. The molecule has 0 radical (unpaired) electrons. The lowest BCUT2D eigenvalue weighted by Gasteiger charge is -2.42. The van der Waals surface area contributed by atoms with Crippen LogP contribution in [-0.2, 0) is 32.0 Å². The molecule has 7 nitrogen and oxygen atoms in total. The van der Waals surface area contributed by atoms with Crippen molar-refractivity contribution in [3.8, 4) is 0 Å². The van der Waals surface area contributed by atoms with E-state index in [2.05, 4.69) is 74.2 Å². The zero-order valence-corrected chi connectivity index (χ0v) is 30.3. The van der Waals surface area contributed by atoms with E-state index in [1.54, 1.807) is 13.2 Å². The highest BCUT2D eigenvalue weighted by molar-refractivity contribution is 7.54. The first-order chi connectivity index (χ1) is 17.9. The van der Waals surface area contributed by atoms with Gasteiger partial charge in [-0.3, -0.25) is 9.36 Å². The van der Waals surface area contributed by atoms with Crippen molar-refractivity contribution in [1.82, 2.24) is 0 Å². The lowest BCUT2D eigenvalue weighted by atomic mass is 9.90. The Bertz CT molecular complexity index is 833. The van der Waals surface area contributed by atoms with E-state index in [0.29, 0.717) is 0 Å². The van der Waals surface area contributed by atoms with Gasteiger partial charge in [0, 0.05) is 33.2 Å². The largest absolute Gasteiger partial charge is 0.410 e. The number of rotatable bonds is 19. The molecular weight excluding hydrogens is 547 g/mol. The highest BCUT2D eigenvalue weighted by atomic mass is 31.2. The Morgan fingerprint density at radius 2 is 1.46 bits per heavy atom. The Balaban J connectivity index is 6.62. The topological polar surface area (TPSA) is 80.3 Å². The molecule has 0 aromatic rings. The summed E-state index contributed by atoms with van der Waals surface area (Å²) in [5.41, 5.74) is 0.961. The van der Waals surface area contributed by atoms with Crippen LogP contribution >= 0.6 is 7.60 Å². The second-order valence-electron chi connectivity index (χ2n) is 12.2. The Labute approximate surface area is 242 Å². The summed E-state index contributed by atoms with van der Waals surface area (Å²) in [6, 6.07) is 2.86. The molecule has 39 heavy (non-hydrogen) atoms. The number of methoxy groups -OCH3 is 1. The highest BCUT2D eigenvalue weighted by Gasteiger charge is 2.43. The van der Waals surface area contributed by atoms with Gasteiger partial charge in [0.05, 0.1) is 12.2 Å². The summed E-state index contributed by atoms with van der Waals surface area (Å²) in [6.45, 7) is 27.6. The Kier molecular flexibility index (Phi) is 16.1. The summed E-state index contributed by atoms with van der Waals surface area (Å²) in [7, 11) is -3.43. The first-order valence-electron chi connectivity index (χ1n) is 14.3. The van der Waals surface area contributed by atoms with Gasteiger partial charge in [0.2, 0.25) is 0 Å². The summed E-state index contributed by atoms with van der Waals surface area (Å²) in [4.78, 5) is 13.4. The SMILES string of the molecule is C=C[C@H](OC)[C@@H](O[Si](C)(C)C(C)(C)C)[C@H](C)/C=C(\C)[C@H](O[Si](CC)(CC)CC)[C@H](C)C(=O)CP(=O)(OC)OC. The molecule has 0 aliphatic rings. The average molecular weight is 607 g/mol. The smallest absolute Gasteiger partial charge is 0.337 e. The van der Waals surface area contributed by atoms with Crippen LogP contribution in [0.25, 0.3) is 0 Å². The molecule has 5 atom stereocenters. The number of hydrogen-bond acceptors (Lipinski definition) is 7. The predicted molar refractivity (Wildman–Crippen MR) is 169 cm³/mol. The van der Waals surface area contributed by atoms with Crippen molar-refractivity contribution in [1.29, 1.82) is 0 Å². The van der Waals surface area contributed by atoms with Crippen LogP contribution in [0.3, 0.4) is 0 Å². The molecule has 0 spiro atoms. The van der Waals surface area contributed by atoms with E-state index >= 15 is 0 Å². The molecule has 0 heterocycles. The van der Waals surface area contributed by atoms with Crippen molar-refractivity contribution in [2.75, 3.05) is 27.5 Å². The standard InChI is InChI=1S/C29H59O7PSi2/c1-16-26(32-11)28(35-38(14,15)29(8,9)10)23(6)20-22(5)27(36-39(17-2,18-3)19-4)24(7)25(30)21-37(31,33-12)34-13/h16,20,23-24,26-28H,1,17-19,21H2,2-15H3/b22-20+/t23-,24-,26+,27+,28+/m1/s1. The van der Waals surface area contributed by atoms with Gasteiger partial charge in [-0.2, -0.15) is 0 Å². The van der Waals surface area contributed by atoms with Gasteiger partial charge in [0.25, 0.3) is 0 Å². The number of carbonyl (C=O) groups excluding carboxylic acids is 1. The molecule has 0 saturated carbocycles.